The quantitative estimate of drug-likeness (QED) is 0.342. The van der Waals surface area contributed by atoms with Crippen LogP contribution in [0, 0.1) is 32.1 Å². The maximum absolute atomic E-state index is 13.3. The SMILES string of the molecule is Cc1ccc(Oc2nc3ccccn3c(=O)c2/C=C(/C#N)C(=O)Nc2ccccc2C)c(C)c1. The zero-order chi connectivity index (χ0) is 24.2. The minimum absolute atomic E-state index is 0.000147. The van der Waals surface area contributed by atoms with Gasteiger partial charge in [0, 0.05) is 11.9 Å². The van der Waals surface area contributed by atoms with Crippen molar-refractivity contribution in [2.75, 3.05) is 5.32 Å². The molecule has 0 aliphatic carbocycles. The van der Waals surface area contributed by atoms with Crippen LogP contribution in [0.4, 0.5) is 5.69 Å². The number of nitriles is 1. The molecule has 1 N–H and O–H groups in total. The van der Waals surface area contributed by atoms with Crippen molar-refractivity contribution in [3.8, 4) is 17.7 Å². The molecule has 1 amide bonds. The number of anilines is 1. The molecule has 7 nitrogen and oxygen atoms in total. The Hall–Kier alpha value is -4.70. The molecule has 0 aliphatic heterocycles. The number of ether oxygens (including phenoxy) is 1. The topological polar surface area (TPSA) is 96.5 Å². The van der Waals surface area contributed by atoms with Crippen LogP contribution in [0.1, 0.15) is 22.3 Å². The van der Waals surface area contributed by atoms with Crippen molar-refractivity contribution in [1.29, 1.82) is 5.26 Å². The third-order valence-electron chi connectivity index (χ3n) is 5.32. The third-order valence-corrected chi connectivity index (χ3v) is 5.32. The molecule has 2 aromatic heterocycles. The molecule has 0 saturated carbocycles. The fraction of sp³-hybridized carbons (Fsp3) is 0.111. The van der Waals surface area contributed by atoms with Crippen LogP contribution < -0.4 is 15.6 Å². The van der Waals surface area contributed by atoms with Crippen LogP contribution in [-0.2, 0) is 4.79 Å². The highest BCUT2D eigenvalue weighted by molar-refractivity contribution is 6.10. The van der Waals surface area contributed by atoms with E-state index < -0.39 is 11.5 Å². The van der Waals surface area contributed by atoms with Gasteiger partial charge in [-0.25, -0.2) is 0 Å². The summed E-state index contributed by atoms with van der Waals surface area (Å²) in [5.41, 5.74) is 3.03. The Labute approximate surface area is 196 Å². The minimum atomic E-state index is -0.633. The van der Waals surface area contributed by atoms with Crippen molar-refractivity contribution >= 4 is 23.3 Å². The molecule has 4 rings (SSSR count). The Balaban J connectivity index is 1.83. The molecule has 2 aromatic carbocycles. The number of carbonyl (C=O) groups excluding carboxylic acids is 1. The first-order valence-electron chi connectivity index (χ1n) is 10.6. The summed E-state index contributed by atoms with van der Waals surface area (Å²) >= 11 is 0. The van der Waals surface area contributed by atoms with Crippen molar-refractivity contribution in [3.05, 3.63) is 105 Å². The van der Waals surface area contributed by atoms with Crippen molar-refractivity contribution in [2.24, 2.45) is 0 Å². The predicted molar refractivity (Wildman–Crippen MR) is 131 cm³/mol. The van der Waals surface area contributed by atoms with E-state index >= 15 is 0 Å². The lowest BCUT2D eigenvalue weighted by molar-refractivity contribution is -0.112. The lowest BCUT2D eigenvalue weighted by Crippen LogP contribution is -2.20. The highest BCUT2D eigenvalue weighted by Gasteiger charge is 2.18. The standard InChI is InChI=1S/C27H22N4O3/c1-17-11-12-23(19(3)14-17)34-26-21(27(33)31-13-7-6-10-24(31)30-26)15-20(16-28)25(32)29-22-9-5-4-8-18(22)2/h4-15H,1-3H3,(H,29,32)/b20-15-. The molecule has 2 heterocycles. The summed E-state index contributed by atoms with van der Waals surface area (Å²) < 4.78 is 7.38. The van der Waals surface area contributed by atoms with Gasteiger partial charge in [-0.2, -0.15) is 10.2 Å². The van der Waals surface area contributed by atoms with E-state index in [9.17, 15) is 14.9 Å². The molecular weight excluding hydrogens is 428 g/mol. The van der Waals surface area contributed by atoms with E-state index in [1.165, 1.54) is 10.5 Å². The Morgan fingerprint density at radius 2 is 1.82 bits per heavy atom. The summed E-state index contributed by atoms with van der Waals surface area (Å²) in [7, 11) is 0. The average molecular weight is 450 g/mol. The molecule has 0 bridgehead atoms. The van der Waals surface area contributed by atoms with E-state index in [1.807, 2.05) is 51.1 Å². The first-order chi connectivity index (χ1) is 16.4. The average Bonchev–Trinajstić information content (AvgIpc) is 2.82. The van der Waals surface area contributed by atoms with Crippen molar-refractivity contribution < 1.29 is 9.53 Å². The van der Waals surface area contributed by atoms with Crippen LogP contribution in [0.15, 0.2) is 77.2 Å². The highest BCUT2D eigenvalue weighted by atomic mass is 16.5. The van der Waals surface area contributed by atoms with E-state index in [4.69, 9.17) is 4.74 Å². The lowest BCUT2D eigenvalue weighted by atomic mass is 10.1. The number of aromatic nitrogens is 2. The van der Waals surface area contributed by atoms with Gasteiger partial charge in [-0.15, -0.1) is 0 Å². The largest absolute Gasteiger partial charge is 0.438 e. The summed E-state index contributed by atoms with van der Waals surface area (Å²) in [4.78, 5) is 30.7. The van der Waals surface area contributed by atoms with Crippen molar-refractivity contribution in [3.63, 3.8) is 0 Å². The van der Waals surface area contributed by atoms with Crippen LogP contribution in [0.2, 0.25) is 0 Å². The summed E-state index contributed by atoms with van der Waals surface area (Å²) in [5.74, 6) is -0.0956. The molecule has 34 heavy (non-hydrogen) atoms. The number of nitrogens with zero attached hydrogens (tertiary/aromatic N) is 3. The van der Waals surface area contributed by atoms with Crippen LogP contribution in [0.3, 0.4) is 0 Å². The third kappa shape index (κ3) is 4.57. The van der Waals surface area contributed by atoms with E-state index in [0.29, 0.717) is 17.1 Å². The number of para-hydroxylation sites is 1. The number of rotatable bonds is 5. The number of hydrogen-bond acceptors (Lipinski definition) is 5. The second kappa shape index (κ2) is 9.43. The Kier molecular flexibility index (Phi) is 6.24. The number of fused-ring (bicyclic) bond motifs is 1. The number of aryl methyl sites for hydroxylation is 3. The monoisotopic (exact) mass is 450 g/mol. The van der Waals surface area contributed by atoms with Crippen LogP contribution in [-0.4, -0.2) is 15.3 Å². The number of benzene rings is 2. The van der Waals surface area contributed by atoms with Gasteiger partial charge in [0.1, 0.15) is 28.6 Å². The van der Waals surface area contributed by atoms with Crippen LogP contribution >= 0.6 is 0 Å². The Morgan fingerprint density at radius 1 is 1.06 bits per heavy atom. The first kappa shape index (κ1) is 22.5. The van der Waals surface area contributed by atoms with E-state index in [0.717, 1.165) is 16.7 Å². The number of carbonyl (C=O) groups is 1. The lowest BCUT2D eigenvalue weighted by Gasteiger charge is -2.12. The van der Waals surface area contributed by atoms with Crippen LogP contribution in [0.25, 0.3) is 11.7 Å². The van der Waals surface area contributed by atoms with Gasteiger partial charge in [-0.05, 0) is 62.2 Å². The summed E-state index contributed by atoms with van der Waals surface area (Å²) in [6, 6.07) is 19.9. The number of hydrogen-bond donors (Lipinski definition) is 1. The van der Waals surface area contributed by atoms with Crippen molar-refractivity contribution in [2.45, 2.75) is 20.8 Å². The Bertz CT molecular complexity index is 1540. The Morgan fingerprint density at radius 3 is 2.56 bits per heavy atom. The maximum atomic E-state index is 13.3. The van der Waals surface area contributed by atoms with Gasteiger partial charge in [0.05, 0.1) is 0 Å². The van der Waals surface area contributed by atoms with Gasteiger partial charge in [0.25, 0.3) is 11.5 Å². The zero-order valence-electron chi connectivity index (χ0n) is 19.0. The molecule has 0 fully saturated rings. The molecule has 4 aromatic rings. The minimum Gasteiger partial charge on any atom is -0.438 e. The highest BCUT2D eigenvalue weighted by Crippen LogP contribution is 2.27. The predicted octanol–water partition coefficient (Wildman–Crippen LogP) is 4.96. The van der Waals surface area contributed by atoms with Gasteiger partial charge >= 0.3 is 0 Å². The van der Waals surface area contributed by atoms with Crippen LogP contribution in [0.5, 0.6) is 11.6 Å². The number of nitrogens with one attached hydrogen (secondary N) is 1. The van der Waals surface area contributed by atoms with Gasteiger partial charge in [-0.1, -0.05) is 42.0 Å². The second-order valence-electron chi connectivity index (χ2n) is 7.87. The summed E-state index contributed by atoms with van der Waals surface area (Å²) in [6.45, 7) is 5.71. The molecule has 0 spiro atoms. The molecule has 0 radical (unpaired) electrons. The van der Waals surface area contributed by atoms with Gasteiger partial charge < -0.3 is 10.1 Å². The molecule has 0 aliphatic rings. The fourth-order valence-electron chi connectivity index (χ4n) is 3.50. The molecular formula is C27H22N4O3. The molecule has 0 atom stereocenters. The summed E-state index contributed by atoms with van der Waals surface area (Å²) in [6.07, 6.45) is 2.80. The van der Waals surface area contributed by atoms with E-state index in [2.05, 4.69) is 10.3 Å². The fourth-order valence-corrected chi connectivity index (χ4v) is 3.50. The van der Waals surface area contributed by atoms with Gasteiger partial charge in [0.15, 0.2) is 0 Å². The van der Waals surface area contributed by atoms with Gasteiger partial charge in [-0.3, -0.25) is 14.0 Å². The van der Waals surface area contributed by atoms with E-state index in [1.54, 1.807) is 42.6 Å². The maximum Gasteiger partial charge on any atom is 0.269 e. The molecule has 7 heteroatoms. The van der Waals surface area contributed by atoms with E-state index in [-0.39, 0.29) is 17.0 Å². The van der Waals surface area contributed by atoms with Gasteiger partial charge in [0.2, 0.25) is 5.88 Å². The zero-order valence-corrected chi connectivity index (χ0v) is 19.0. The molecule has 0 unspecified atom stereocenters. The summed E-state index contributed by atoms with van der Waals surface area (Å²) in [5, 5.41) is 12.4. The second-order valence-corrected chi connectivity index (χ2v) is 7.87. The number of amides is 1. The first-order valence-corrected chi connectivity index (χ1v) is 10.6. The molecule has 0 saturated heterocycles. The number of pyridine rings is 1. The normalized spacial score (nSPS) is 11.2. The van der Waals surface area contributed by atoms with Crippen molar-refractivity contribution in [1.82, 2.24) is 9.38 Å². The molecule has 168 valence electrons. The smallest absolute Gasteiger partial charge is 0.269 e.